The summed E-state index contributed by atoms with van der Waals surface area (Å²) in [6.07, 6.45) is 1.78. The quantitative estimate of drug-likeness (QED) is 0.908. The monoisotopic (exact) mass is 290 g/mol. The highest BCUT2D eigenvalue weighted by molar-refractivity contribution is 5.86. The Morgan fingerprint density at radius 1 is 1.24 bits per heavy atom. The van der Waals surface area contributed by atoms with Gasteiger partial charge in [-0.1, -0.05) is 12.1 Å². The maximum Gasteiger partial charge on any atom is 0.227 e. The van der Waals surface area contributed by atoms with Gasteiger partial charge in [-0.15, -0.1) is 0 Å². The lowest BCUT2D eigenvalue weighted by atomic mass is 9.68. The zero-order valence-corrected chi connectivity index (χ0v) is 12.7. The van der Waals surface area contributed by atoms with Crippen LogP contribution in [0.3, 0.4) is 0 Å². The largest absolute Gasteiger partial charge is 0.355 e. The van der Waals surface area contributed by atoms with Crippen LogP contribution < -0.4 is 5.32 Å². The molecule has 2 aliphatic rings. The summed E-state index contributed by atoms with van der Waals surface area (Å²) in [6.45, 7) is 6.99. The molecule has 0 saturated carbocycles. The van der Waals surface area contributed by atoms with Crippen molar-refractivity contribution >= 4 is 5.91 Å². The van der Waals surface area contributed by atoms with Crippen molar-refractivity contribution < 1.29 is 9.18 Å². The molecule has 2 aliphatic heterocycles. The van der Waals surface area contributed by atoms with Crippen molar-refractivity contribution in [3.8, 4) is 0 Å². The van der Waals surface area contributed by atoms with Crippen LogP contribution in [0.1, 0.15) is 38.2 Å². The van der Waals surface area contributed by atoms with E-state index in [2.05, 4.69) is 24.1 Å². The van der Waals surface area contributed by atoms with E-state index < -0.39 is 0 Å². The fourth-order valence-electron chi connectivity index (χ4n) is 3.87. The van der Waals surface area contributed by atoms with E-state index in [0.717, 1.165) is 31.5 Å². The Morgan fingerprint density at radius 2 is 1.86 bits per heavy atom. The van der Waals surface area contributed by atoms with Crippen LogP contribution in [0.5, 0.6) is 0 Å². The first-order chi connectivity index (χ1) is 10.0. The fraction of sp³-hybridized carbons (Fsp3) is 0.588. The Hall–Kier alpha value is -1.42. The van der Waals surface area contributed by atoms with Crippen LogP contribution in [-0.4, -0.2) is 36.5 Å². The zero-order chi connectivity index (χ0) is 15.0. The number of nitrogens with zero attached hydrogens (tertiary/aromatic N) is 1. The van der Waals surface area contributed by atoms with Crippen LogP contribution in [-0.2, 0) is 4.79 Å². The molecule has 1 amide bonds. The Bertz CT molecular complexity index is 518. The van der Waals surface area contributed by atoms with Gasteiger partial charge in [-0.2, -0.15) is 0 Å². The molecule has 3 nitrogen and oxygen atoms in total. The summed E-state index contributed by atoms with van der Waals surface area (Å²) in [5, 5.41) is 3.04. The van der Waals surface area contributed by atoms with Gasteiger partial charge >= 0.3 is 0 Å². The van der Waals surface area contributed by atoms with E-state index in [1.54, 1.807) is 0 Å². The van der Waals surface area contributed by atoms with Gasteiger partial charge in [-0.25, -0.2) is 4.39 Å². The molecule has 0 radical (unpaired) electrons. The highest BCUT2D eigenvalue weighted by atomic mass is 19.1. The first-order valence-corrected chi connectivity index (χ1v) is 7.81. The number of rotatable bonds is 2. The van der Waals surface area contributed by atoms with Gasteiger partial charge in [0.25, 0.3) is 0 Å². The van der Waals surface area contributed by atoms with E-state index in [1.807, 2.05) is 12.1 Å². The van der Waals surface area contributed by atoms with Crippen LogP contribution in [0.15, 0.2) is 24.3 Å². The van der Waals surface area contributed by atoms with E-state index in [1.165, 1.54) is 12.1 Å². The average molecular weight is 290 g/mol. The minimum absolute atomic E-state index is 0.167. The first kappa shape index (κ1) is 14.5. The third kappa shape index (κ3) is 2.46. The van der Waals surface area contributed by atoms with Crippen molar-refractivity contribution in [1.29, 1.82) is 0 Å². The second-order valence-corrected chi connectivity index (χ2v) is 6.60. The lowest BCUT2D eigenvalue weighted by molar-refractivity contribution is -0.131. The highest BCUT2D eigenvalue weighted by Crippen LogP contribution is 2.47. The predicted octanol–water partition coefficient (Wildman–Crippen LogP) is 2.53. The van der Waals surface area contributed by atoms with E-state index in [9.17, 15) is 9.18 Å². The standard InChI is InChI=1S/C17H23FN2O/c1-12(2)20-9-7-17(8-10-20)15(11-19-16(17)21)13-3-5-14(18)6-4-13/h3-6,12,15H,7-11H2,1-2H3,(H,19,21). The molecule has 2 heterocycles. The third-order valence-electron chi connectivity index (χ3n) is 5.28. The predicted molar refractivity (Wildman–Crippen MR) is 80.5 cm³/mol. The smallest absolute Gasteiger partial charge is 0.227 e. The number of nitrogens with one attached hydrogen (secondary N) is 1. The maximum absolute atomic E-state index is 13.1. The van der Waals surface area contributed by atoms with Gasteiger partial charge in [0.2, 0.25) is 5.91 Å². The minimum Gasteiger partial charge on any atom is -0.355 e. The Labute approximate surface area is 125 Å². The average Bonchev–Trinajstić information content (AvgIpc) is 2.78. The van der Waals surface area contributed by atoms with Gasteiger partial charge in [0.1, 0.15) is 5.82 Å². The molecule has 0 bridgehead atoms. The molecule has 1 spiro atoms. The number of hydrogen-bond donors (Lipinski definition) is 1. The van der Waals surface area contributed by atoms with Gasteiger partial charge in [0, 0.05) is 18.5 Å². The SMILES string of the molecule is CC(C)N1CCC2(CC1)C(=O)NCC2c1ccc(F)cc1. The van der Waals surface area contributed by atoms with Gasteiger partial charge in [-0.3, -0.25) is 4.79 Å². The molecule has 21 heavy (non-hydrogen) atoms. The summed E-state index contributed by atoms with van der Waals surface area (Å²) in [5.41, 5.74) is 0.774. The number of carbonyl (C=O) groups is 1. The molecular formula is C17H23FN2O. The minimum atomic E-state index is -0.302. The normalized spacial score (nSPS) is 25.5. The van der Waals surface area contributed by atoms with Crippen molar-refractivity contribution in [3.63, 3.8) is 0 Å². The Balaban J connectivity index is 1.85. The summed E-state index contributed by atoms with van der Waals surface area (Å²) in [4.78, 5) is 14.9. The summed E-state index contributed by atoms with van der Waals surface area (Å²) in [7, 11) is 0. The van der Waals surface area contributed by atoms with Crippen LogP contribution >= 0.6 is 0 Å². The van der Waals surface area contributed by atoms with Gasteiger partial charge in [0.15, 0.2) is 0 Å². The number of hydrogen-bond acceptors (Lipinski definition) is 2. The van der Waals surface area contributed by atoms with Crippen LogP contribution in [0, 0.1) is 11.2 Å². The van der Waals surface area contributed by atoms with Gasteiger partial charge in [0.05, 0.1) is 5.41 Å². The molecule has 4 heteroatoms. The number of likely N-dealkylation sites (tertiary alicyclic amines) is 1. The number of piperidine rings is 1. The van der Waals surface area contributed by atoms with E-state index in [0.29, 0.717) is 12.6 Å². The second kappa shape index (κ2) is 5.41. The van der Waals surface area contributed by atoms with Crippen molar-refractivity contribution in [2.75, 3.05) is 19.6 Å². The number of carbonyl (C=O) groups excluding carboxylic acids is 1. The molecule has 114 valence electrons. The summed E-state index contributed by atoms with van der Waals surface area (Å²) in [6, 6.07) is 7.17. The molecule has 0 aliphatic carbocycles. The molecular weight excluding hydrogens is 267 g/mol. The van der Waals surface area contributed by atoms with Crippen LogP contribution in [0.2, 0.25) is 0 Å². The molecule has 0 aromatic heterocycles. The lowest BCUT2D eigenvalue weighted by Gasteiger charge is -2.42. The molecule has 1 aromatic carbocycles. The number of benzene rings is 1. The van der Waals surface area contributed by atoms with E-state index in [4.69, 9.17) is 0 Å². The number of halogens is 1. The Kier molecular flexibility index (Phi) is 3.74. The molecule has 1 unspecified atom stereocenters. The first-order valence-electron chi connectivity index (χ1n) is 7.81. The summed E-state index contributed by atoms with van der Waals surface area (Å²) in [5.74, 6) is 0.125. The fourth-order valence-corrected chi connectivity index (χ4v) is 3.87. The van der Waals surface area contributed by atoms with Gasteiger partial charge in [-0.05, 0) is 57.5 Å². The molecule has 2 saturated heterocycles. The van der Waals surface area contributed by atoms with Crippen molar-refractivity contribution in [2.24, 2.45) is 5.41 Å². The summed E-state index contributed by atoms with van der Waals surface area (Å²) >= 11 is 0. The van der Waals surface area contributed by atoms with Gasteiger partial charge < -0.3 is 10.2 Å². The van der Waals surface area contributed by atoms with Crippen molar-refractivity contribution in [2.45, 2.75) is 38.6 Å². The van der Waals surface area contributed by atoms with Crippen molar-refractivity contribution in [1.82, 2.24) is 10.2 Å². The van der Waals surface area contributed by atoms with E-state index in [-0.39, 0.29) is 23.1 Å². The maximum atomic E-state index is 13.1. The molecule has 3 rings (SSSR count). The second-order valence-electron chi connectivity index (χ2n) is 6.60. The highest BCUT2D eigenvalue weighted by Gasteiger charge is 2.51. The zero-order valence-electron chi connectivity index (χ0n) is 12.7. The third-order valence-corrected chi connectivity index (χ3v) is 5.28. The molecule has 1 N–H and O–H groups in total. The van der Waals surface area contributed by atoms with Crippen molar-refractivity contribution in [3.05, 3.63) is 35.6 Å². The Morgan fingerprint density at radius 3 is 2.43 bits per heavy atom. The van der Waals surface area contributed by atoms with Crippen LogP contribution in [0.4, 0.5) is 4.39 Å². The molecule has 2 fully saturated rings. The molecule has 1 atom stereocenters. The summed E-state index contributed by atoms with van der Waals surface area (Å²) < 4.78 is 13.1. The lowest BCUT2D eigenvalue weighted by Crippen LogP contribution is -2.48. The molecule has 1 aromatic rings. The van der Waals surface area contributed by atoms with E-state index >= 15 is 0 Å². The topological polar surface area (TPSA) is 32.3 Å². The van der Waals surface area contributed by atoms with Crippen LogP contribution in [0.25, 0.3) is 0 Å². The number of amides is 1.